The monoisotopic (exact) mass is 351 g/mol. The summed E-state index contributed by atoms with van der Waals surface area (Å²) in [6.07, 6.45) is 7.16. The van der Waals surface area contributed by atoms with Crippen LogP contribution >= 0.6 is 0 Å². The number of phenols is 1. The van der Waals surface area contributed by atoms with Crippen LogP contribution in [0.1, 0.15) is 38.3 Å². The molecule has 1 aromatic carbocycles. The van der Waals surface area contributed by atoms with Crippen molar-refractivity contribution in [3.63, 3.8) is 0 Å². The van der Waals surface area contributed by atoms with E-state index in [0.717, 1.165) is 23.8 Å². The van der Waals surface area contributed by atoms with Crippen molar-refractivity contribution in [2.75, 3.05) is 0 Å². The second-order valence-electron chi connectivity index (χ2n) is 7.13. The molecule has 0 radical (unpaired) electrons. The van der Waals surface area contributed by atoms with E-state index in [0.29, 0.717) is 28.2 Å². The van der Waals surface area contributed by atoms with Gasteiger partial charge in [0.15, 0.2) is 5.58 Å². The number of aromatic nitrogens is 1. The Kier molecular flexibility index (Phi) is 3.68. The Hall–Kier alpha value is -2.95. The summed E-state index contributed by atoms with van der Waals surface area (Å²) in [5, 5.41) is 11.7. The van der Waals surface area contributed by atoms with E-state index in [1.165, 1.54) is 6.07 Å². The van der Waals surface area contributed by atoms with Crippen molar-refractivity contribution in [3.05, 3.63) is 52.0 Å². The fraction of sp³-hybridized carbons (Fsp3) is 0.286. The largest absolute Gasteiger partial charge is 0.506 e. The molecule has 0 saturated carbocycles. The van der Waals surface area contributed by atoms with Gasteiger partial charge in [0.1, 0.15) is 17.1 Å². The third-order valence-electron chi connectivity index (χ3n) is 4.64. The van der Waals surface area contributed by atoms with Crippen molar-refractivity contribution < 1.29 is 14.3 Å². The number of hydrogen-bond acceptors (Lipinski definition) is 4. The van der Waals surface area contributed by atoms with E-state index in [1.54, 1.807) is 6.20 Å². The van der Waals surface area contributed by atoms with Crippen molar-refractivity contribution in [2.45, 2.75) is 39.2 Å². The Balaban J connectivity index is 2.20. The molecule has 0 unspecified atom stereocenters. The lowest BCUT2D eigenvalue weighted by molar-refractivity contribution is 0.160. The van der Waals surface area contributed by atoms with Gasteiger partial charge in [-0.3, -0.25) is 0 Å². The van der Waals surface area contributed by atoms with E-state index in [9.17, 15) is 9.90 Å². The molecule has 0 amide bonds. The van der Waals surface area contributed by atoms with Gasteiger partial charge in [-0.2, -0.15) is 0 Å². The number of hydrogen-bond donors (Lipinski definition) is 2. The summed E-state index contributed by atoms with van der Waals surface area (Å²) in [4.78, 5) is 15.3. The zero-order valence-corrected chi connectivity index (χ0v) is 15.1. The number of benzene rings is 1. The molecule has 26 heavy (non-hydrogen) atoms. The Morgan fingerprint density at radius 1 is 1.31 bits per heavy atom. The zero-order chi connectivity index (χ0) is 18.5. The summed E-state index contributed by atoms with van der Waals surface area (Å²) >= 11 is 0. The van der Waals surface area contributed by atoms with Gasteiger partial charge in [-0.15, -0.1) is 0 Å². The molecule has 2 N–H and O–H groups in total. The molecule has 2 aromatic heterocycles. The summed E-state index contributed by atoms with van der Waals surface area (Å²) < 4.78 is 11.8. The minimum Gasteiger partial charge on any atom is -0.506 e. The molecule has 0 fully saturated rings. The first-order chi connectivity index (χ1) is 12.4. The topological polar surface area (TPSA) is 75.5 Å². The fourth-order valence-electron chi connectivity index (χ4n) is 3.49. The molecule has 3 aromatic rings. The average Bonchev–Trinajstić information content (AvgIpc) is 3.08. The van der Waals surface area contributed by atoms with Crippen LogP contribution in [-0.2, 0) is 6.42 Å². The maximum atomic E-state index is 12.2. The summed E-state index contributed by atoms with van der Waals surface area (Å²) in [6.45, 7) is 5.96. The van der Waals surface area contributed by atoms with Gasteiger partial charge < -0.3 is 19.2 Å². The van der Waals surface area contributed by atoms with Gasteiger partial charge in [0.25, 0.3) is 0 Å². The van der Waals surface area contributed by atoms with E-state index >= 15 is 0 Å². The minimum absolute atomic E-state index is 0.0403. The van der Waals surface area contributed by atoms with Crippen LogP contribution < -0.4 is 10.4 Å². The fourth-order valence-corrected chi connectivity index (χ4v) is 3.49. The predicted octanol–water partition coefficient (Wildman–Crippen LogP) is 4.63. The molecule has 5 nitrogen and oxygen atoms in total. The molecule has 0 saturated heterocycles. The Bertz CT molecular complexity index is 1070. The van der Waals surface area contributed by atoms with E-state index in [1.807, 2.05) is 38.1 Å². The predicted molar refractivity (Wildman–Crippen MR) is 102 cm³/mol. The van der Waals surface area contributed by atoms with Gasteiger partial charge in [-0.25, -0.2) is 4.79 Å². The third-order valence-corrected chi connectivity index (χ3v) is 4.64. The lowest BCUT2D eigenvalue weighted by atomic mass is 9.93. The number of aromatic hydroxyl groups is 1. The highest BCUT2D eigenvalue weighted by Crippen LogP contribution is 2.49. The van der Waals surface area contributed by atoms with Crippen LogP contribution in [0.25, 0.3) is 28.3 Å². The van der Waals surface area contributed by atoms with E-state index < -0.39 is 11.2 Å². The van der Waals surface area contributed by atoms with Crippen LogP contribution in [0.4, 0.5) is 0 Å². The number of phenolic OH excluding ortho intramolecular Hbond substituents is 1. The summed E-state index contributed by atoms with van der Waals surface area (Å²) in [5.74, 6) is 0.603. The van der Waals surface area contributed by atoms with Crippen molar-refractivity contribution in [3.8, 4) is 22.8 Å². The van der Waals surface area contributed by atoms with Crippen LogP contribution in [0, 0.1) is 0 Å². The number of fused-ring (bicyclic) bond motifs is 3. The first kappa shape index (κ1) is 16.5. The SMILES string of the molecule is CCCc1cc(=O)oc2c(-c3ccc[nH]3)c(O)c3c(c12)OC(C)(C)C=C3. The molecule has 0 atom stereocenters. The second kappa shape index (κ2) is 5.80. The Morgan fingerprint density at radius 3 is 2.81 bits per heavy atom. The molecule has 0 spiro atoms. The summed E-state index contributed by atoms with van der Waals surface area (Å²) in [5.41, 5.74) is 2.04. The number of aromatic amines is 1. The maximum absolute atomic E-state index is 12.2. The third kappa shape index (κ3) is 2.51. The normalized spacial score (nSPS) is 15.0. The Morgan fingerprint density at radius 2 is 2.12 bits per heavy atom. The zero-order valence-electron chi connectivity index (χ0n) is 15.1. The highest BCUT2D eigenvalue weighted by Gasteiger charge is 2.30. The molecule has 4 rings (SSSR count). The highest BCUT2D eigenvalue weighted by atomic mass is 16.5. The van der Waals surface area contributed by atoms with Gasteiger partial charge in [0.2, 0.25) is 0 Å². The number of nitrogens with one attached hydrogen (secondary N) is 1. The first-order valence-electron chi connectivity index (χ1n) is 8.79. The van der Waals surface area contributed by atoms with E-state index in [2.05, 4.69) is 11.9 Å². The maximum Gasteiger partial charge on any atom is 0.336 e. The molecule has 1 aliphatic rings. The van der Waals surface area contributed by atoms with Gasteiger partial charge >= 0.3 is 5.63 Å². The number of aryl methyl sites for hydroxylation is 1. The van der Waals surface area contributed by atoms with Crippen molar-refractivity contribution in [1.82, 2.24) is 4.98 Å². The minimum atomic E-state index is -0.514. The summed E-state index contributed by atoms with van der Waals surface area (Å²) in [6, 6.07) is 5.20. The quantitative estimate of drug-likeness (QED) is 0.675. The molecular weight excluding hydrogens is 330 g/mol. The number of rotatable bonds is 3. The Labute approximate surface area is 150 Å². The van der Waals surface area contributed by atoms with Gasteiger partial charge in [-0.1, -0.05) is 13.3 Å². The van der Waals surface area contributed by atoms with Crippen LogP contribution in [0.5, 0.6) is 11.5 Å². The highest BCUT2D eigenvalue weighted by molar-refractivity contribution is 6.04. The molecule has 3 heterocycles. The van der Waals surface area contributed by atoms with Crippen molar-refractivity contribution in [1.29, 1.82) is 0 Å². The van der Waals surface area contributed by atoms with Crippen LogP contribution in [-0.4, -0.2) is 15.7 Å². The lowest BCUT2D eigenvalue weighted by Crippen LogP contribution is -2.28. The van der Waals surface area contributed by atoms with Gasteiger partial charge in [0.05, 0.1) is 22.2 Å². The second-order valence-corrected chi connectivity index (χ2v) is 7.13. The van der Waals surface area contributed by atoms with Crippen LogP contribution in [0.3, 0.4) is 0 Å². The van der Waals surface area contributed by atoms with Crippen molar-refractivity contribution in [2.24, 2.45) is 0 Å². The molecule has 134 valence electrons. The molecule has 1 aliphatic heterocycles. The van der Waals surface area contributed by atoms with Gasteiger partial charge in [-0.05, 0) is 50.1 Å². The first-order valence-corrected chi connectivity index (χ1v) is 8.79. The molecule has 0 bridgehead atoms. The van der Waals surface area contributed by atoms with E-state index in [-0.39, 0.29) is 5.75 Å². The molecule has 5 heteroatoms. The van der Waals surface area contributed by atoms with Gasteiger partial charge in [0, 0.05) is 12.3 Å². The number of H-pyrrole nitrogens is 1. The van der Waals surface area contributed by atoms with Crippen LogP contribution in [0.15, 0.2) is 39.7 Å². The number of ether oxygens (including phenoxy) is 1. The van der Waals surface area contributed by atoms with Crippen molar-refractivity contribution >= 4 is 17.0 Å². The average molecular weight is 351 g/mol. The van der Waals surface area contributed by atoms with Crippen LogP contribution in [0.2, 0.25) is 0 Å². The van der Waals surface area contributed by atoms with E-state index in [4.69, 9.17) is 9.15 Å². The smallest absolute Gasteiger partial charge is 0.336 e. The standard InChI is InChI=1S/C21H21NO4/c1-4-6-12-11-15(23)25-20-16(12)19-13(8-9-21(2,3)26-19)18(24)17(20)14-7-5-10-22-14/h5,7-11,22,24H,4,6H2,1-3H3. The summed E-state index contributed by atoms with van der Waals surface area (Å²) in [7, 11) is 0. The lowest BCUT2D eigenvalue weighted by Gasteiger charge is -2.30. The molecule has 0 aliphatic carbocycles. The molecular formula is C21H21NO4.